The Hall–Kier alpha value is -1.35. The summed E-state index contributed by atoms with van der Waals surface area (Å²) in [5.74, 6) is 1.63. The lowest BCUT2D eigenvalue weighted by Crippen LogP contribution is -2.46. The maximum Gasteiger partial charge on any atom is 0.224 e. The van der Waals surface area contributed by atoms with E-state index in [-0.39, 0.29) is 5.92 Å². The van der Waals surface area contributed by atoms with Crippen molar-refractivity contribution in [2.45, 2.75) is 37.6 Å². The average molecular weight is 270 g/mol. The Kier molecular flexibility index (Phi) is 3.03. The predicted octanol–water partition coefficient (Wildman–Crippen LogP) is 1.83. The van der Waals surface area contributed by atoms with Crippen molar-refractivity contribution in [3.8, 4) is 0 Å². The molecule has 0 aromatic heterocycles. The van der Waals surface area contributed by atoms with Crippen molar-refractivity contribution >= 4 is 5.91 Å². The molecule has 2 aliphatic carbocycles. The molecule has 106 valence electrons. The number of amides is 1. The van der Waals surface area contributed by atoms with Gasteiger partial charge in [-0.15, -0.1) is 0 Å². The van der Waals surface area contributed by atoms with Gasteiger partial charge in [0.15, 0.2) is 0 Å². The first-order valence-electron chi connectivity index (χ1n) is 7.93. The molecule has 1 aliphatic heterocycles. The first kappa shape index (κ1) is 12.4. The molecule has 1 aromatic carbocycles. The summed E-state index contributed by atoms with van der Waals surface area (Å²) in [6.07, 6.45) is 4.62. The van der Waals surface area contributed by atoms with E-state index in [9.17, 15) is 4.79 Å². The molecule has 4 atom stereocenters. The highest BCUT2D eigenvalue weighted by Gasteiger charge is 2.57. The molecule has 0 spiro atoms. The van der Waals surface area contributed by atoms with Crippen molar-refractivity contribution in [2.75, 3.05) is 13.1 Å². The maximum atomic E-state index is 12.5. The average Bonchev–Trinajstić information content (AvgIpc) is 3.23. The van der Waals surface area contributed by atoms with Gasteiger partial charge in [-0.1, -0.05) is 24.3 Å². The Labute approximate surface area is 120 Å². The summed E-state index contributed by atoms with van der Waals surface area (Å²) in [7, 11) is 0. The van der Waals surface area contributed by atoms with Crippen LogP contribution in [0.2, 0.25) is 0 Å². The summed E-state index contributed by atoms with van der Waals surface area (Å²) in [5, 5.41) is 6.63. The molecule has 3 aliphatic rings. The summed E-state index contributed by atoms with van der Waals surface area (Å²) in [5.41, 5.74) is 2.90. The summed E-state index contributed by atoms with van der Waals surface area (Å²) in [6.45, 7) is 2.03. The lowest BCUT2D eigenvalue weighted by Gasteiger charge is -2.23. The zero-order chi connectivity index (χ0) is 13.5. The molecule has 1 amide bonds. The van der Waals surface area contributed by atoms with E-state index in [2.05, 4.69) is 34.9 Å². The number of fused-ring (bicyclic) bond motifs is 3. The minimum atomic E-state index is 0.237. The highest BCUT2D eigenvalue weighted by Crippen LogP contribution is 2.59. The van der Waals surface area contributed by atoms with Crippen LogP contribution in [0.1, 0.15) is 36.3 Å². The van der Waals surface area contributed by atoms with Gasteiger partial charge >= 0.3 is 0 Å². The third-order valence-electron chi connectivity index (χ3n) is 5.28. The van der Waals surface area contributed by atoms with Crippen molar-refractivity contribution < 1.29 is 4.79 Å². The zero-order valence-corrected chi connectivity index (χ0v) is 11.8. The fourth-order valence-electron chi connectivity index (χ4n) is 4.20. The number of hydrogen-bond donors (Lipinski definition) is 2. The Morgan fingerprint density at radius 1 is 1.25 bits per heavy atom. The van der Waals surface area contributed by atoms with Crippen LogP contribution in [-0.2, 0) is 11.2 Å². The Morgan fingerprint density at radius 3 is 3.00 bits per heavy atom. The van der Waals surface area contributed by atoms with Gasteiger partial charge in [0.05, 0.1) is 0 Å². The molecule has 0 radical (unpaired) electrons. The van der Waals surface area contributed by atoms with Gasteiger partial charge in [0.2, 0.25) is 5.91 Å². The Balaban J connectivity index is 1.45. The molecule has 1 heterocycles. The van der Waals surface area contributed by atoms with Gasteiger partial charge in [-0.05, 0) is 55.2 Å². The molecular formula is C17H22N2O. The number of benzene rings is 1. The van der Waals surface area contributed by atoms with E-state index in [1.807, 2.05) is 0 Å². The van der Waals surface area contributed by atoms with Gasteiger partial charge in [0.1, 0.15) is 0 Å². The molecule has 4 rings (SSSR count). The smallest absolute Gasteiger partial charge is 0.224 e. The summed E-state index contributed by atoms with van der Waals surface area (Å²) >= 11 is 0. The lowest BCUT2D eigenvalue weighted by molar-refractivity contribution is -0.123. The van der Waals surface area contributed by atoms with Crippen LogP contribution in [0.5, 0.6) is 0 Å². The molecular weight excluding hydrogens is 248 g/mol. The van der Waals surface area contributed by atoms with Crippen LogP contribution in [-0.4, -0.2) is 25.0 Å². The van der Waals surface area contributed by atoms with E-state index in [0.717, 1.165) is 25.9 Å². The largest absolute Gasteiger partial charge is 0.352 e. The molecule has 2 N–H and O–H groups in total. The number of aryl methyl sites for hydroxylation is 1. The predicted molar refractivity (Wildman–Crippen MR) is 78.5 cm³/mol. The first-order valence-corrected chi connectivity index (χ1v) is 7.93. The van der Waals surface area contributed by atoms with Gasteiger partial charge < -0.3 is 10.6 Å². The van der Waals surface area contributed by atoms with Crippen LogP contribution in [0.15, 0.2) is 24.3 Å². The van der Waals surface area contributed by atoms with Gasteiger partial charge in [0, 0.05) is 18.5 Å². The fraction of sp³-hybridized carbons (Fsp3) is 0.588. The van der Waals surface area contributed by atoms with Crippen molar-refractivity contribution in [3.63, 3.8) is 0 Å². The van der Waals surface area contributed by atoms with Crippen LogP contribution in [0.4, 0.5) is 0 Å². The summed E-state index contributed by atoms with van der Waals surface area (Å²) in [4.78, 5) is 12.5. The highest BCUT2D eigenvalue weighted by atomic mass is 16.2. The van der Waals surface area contributed by atoms with Gasteiger partial charge in [0.25, 0.3) is 0 Å². The maximum absolute atomic E-state index is 12.5. The third-order valence-corrected chi connectivity index (χ3v) is 5.28. The molecule has 0 bridgehead atoms. The van der Waals surface area contributed by atoms with E-state index in [0.29, 0.717) is 23.8 Å². The topological polar surface area (TPSA) is 41.1 Å². The SMILES string of the molecule is O=C(NC1CCCNC1)C1C2CCc3ccccc3C21. The Morgan fingerprint density at radius 2 is 2.15 bits per heavy atom. The van der Waals surface area contributed by atoms with Crippen molar-refractivity contribution in [2.24, 2.45) is 11.8 Å². The molecule has 3 heteroatoms. The fourth-order valence-corrected chi connectivity index (χ4v) is 4.20. The van der Waals surface area contributed by atoms with Crippen LogP contribution < -0.4 is 10.6 Å². The van der Waals surface area contributed by atoms with E-state index in [1.165, 1.54) is 24.0 Å². The van der Waals surface area contributed by atoms with Crippen molar-refractivity contribution in [1.29, 1.82) is 0 Å². The summed E-state index contributed by atoms with van der Waals surface area (Å²) < 4.78 is 0. The molecule has 4 unspecified atom stereocenters. The monoisotopic (exact) mass is 270 g/mol. The molecule has 3 nitrogen and oxygen atoms in total. The number of piperidine rings is 1. The van der Waals surface area contributed by atoms with Crippen LogP contribution in [0, 0.1) is 11.8 Å². The van der Waals surface area contributed by atoms with Crippen molar-refractivity contribution in [1.82, 2.24) is 10.6 Å². The van der Waals surface area contributed by atoms with Crippen LogP contribution >= 0.6 is 0 Å². The zero-order valence-electron chi connectivity index (χ0n) is 11.8. The van der Waals surface area contributed by atoms with Gasteiger partial charge in [-0.3, -0.25) is 4.79 Å². The molecule has 2 fully saturated rings. The number of carbonyl (C=O) groups is 1. The molecule has 20 heavy (non-hydrogen) atoms. The highest BCUT2D eigenvalue weighted by molar-refractivity contribution is 5.84. The molecule has 1 aromatic rings. The standard InChI is InChI=1S/C17H22N2O/c20-17(19-12-5-3-9-18-10-12)16-14-8-7-11-4-1-2-6-13(11)15(14)16/h1-2,4,6,12,14-16,18H,3,5,7-10H2,(H,19,20). The number of carbonyl (C=O) groups excluding carboxylic acids is 1. The second-order valence-electron chi connectivity index (χ2n) is 6.50. The summed E-state index contributed by atoms with van der Waals surface area (Å²) in [6, 6.07) is 9.02. The molecule has 1 saturated heterocycles. The second-order valence-corrected chi connectivity index (χ2v) is 6.50. The number of nitrogens with one attached hydrogen (secondary N) is 2. The minimum absolute atomic E-state index is 0.237. The van der Waals surface area contributed by atoms with E-state index >= 15 is 0 Å². The van der Waals surface area contributed by atoms with Crippen LogP contribution in [0.3, 0.4) is 0 Å². The molecule has 1 saturated carbocycles. The van der Waals surface area contributed by atoms with Gasteiger partial charge in [-0.25, -0.2) is 0 Å². The van der Waals surface area contributed by atoms with Gasteiger partial charge in [-0.2, -0.15) is 0 Å². The van der Waals surface area contributed by atoms with E-state index in [4.69, 9.17) is 0 Å². The van der Waals surface area contributed by atoms with Crippen molar-refractivity contribution in [3.05, 3.63) is 35.4 Å². The Bertz CT molecular complexity index is 521. The minimum Gasteiger partial charge on any atom is -0.352 e. The number of rotatable bonds is 2. The first-order chi connectivity index (χ1) is 9.84. The van der Waals surface area contributed by atoms with E-state index < -0.39 is 0 Å². The second kappa shape index (κ2) is 4.88. The number of hydrogen-bond acceptors (Lipinski definition) is 2. The normalized spacial score (nSPS) is 34.8. The lowest BCUT2D eigenvalue weighted by atomic mass is 9.92. The van der Waals surface area contributed by atoms with Crippen LogP contribution in [0.25, 0.3) is 0 Å². The quantitative estimate of drug-likeness (QED) is 0.861. The third kappa shape index (κ3) is 2.05. The van der Waals surface area contributed by atoms with E-state index in [1.54, 1.807) is 0 Å².